The van der Waals surface area contributed by atoms with Gasteiger partial charge < -0.3 is 13.9 Å². The first-order chi connectivity index (χ1) is 6.38. The zero-order chi connectivity index (χ0) is 9.10. The SMILES string of the molecule is ClCc1coc(OC2CCOC2)n1. The molecule has 0 aromatic carbocycles. The Labute approximate surface area is 80.8 Å². The maximum atomic E-state index is 5.55. The number of oxazole rings is 1. The number of aromatic nitrogens is 1. The molecular formula is C8H10ClNO3. The van der Waals surface area contributed by atoms with Gasteiger partial charge in [-0.3, -0.25) is 0 Å². The molecule has 2 heterocycles. The van der Waals surface area contributed by atoms with E-state index < -0.39 is 0 Å². The Kier molecular flexibility index (Phi) is 2.71. The summed E-state index contributed by atoms with van der Waals surface area (Å²) in [5.41, 5.74) is 0.690. The molecule has 0 N–H and O–H groups in total. The maximum absolute atomic E-state index is 5.55. The van der Waals surface area contributed by atoms with Gasteiger partial charge in [0.25, 0.3) is 0 Å². The lowest BCUT2D eigenvalue weighted by Gasteiger charge is -2.05. The molecule has 1 unspecified atom stereocenters. The molecule has 1 fully saturated rings. The molecule has 1 aromatic rings. The van der Waals surface area contributed by atoms with E-state index in [0.717, 1.165) is 13.0 Å². The molecule has 72 valence electrons. The number of hydrogen-bond acceptors (Lipinski definition) is 4. The summed E-state index contributed by atoms with van der Waals surface area (Å²) >= 11 is 5.55. The van der Waals surface area contributed by atoms with Crippen molar-refractivity contribution in [3.05, 3.63) is 12.0 Å². The first-order valence-electron chi connectivity index (χ1n) is 4.13. The predicted octanol–water partition coefficient (Wildman–Crippen LogP) is 1.58. The highest BCUT2D eigenvalue weighted by Crippen LogP contribution is 2.16. The van der Waals surface area contributed by atoms with Gasteiger partial charge in [-0.25, -0.2) is 0 Å². The number of alkyl halides is 1. The van der Waals surface area contributed by atoms with Gasteiger partial charge >= 0.3 is 6.08 Å². The number of halogens is 1. The molecule has 0 bridgehead atoms. The van der Waals surface area contributed by atoms with E-state index >= 15 is 0 Å². The van der Waals surface area contributed by atoms with Crippen molar-refractivity contribution in [3.8, 4) is 6.08 Å². The van der Waals surface area contributed by atoms with E-state index in [1.54, 1.807) is 0 Å². The molecule has 5 heteroatoms. The third-order valence-electron chi connectivity index (χ3n) is 1.82. The van der Waals surface area contributed by atoms with Crippen LogP contribution in [0.2, 0.25) is 0 Å². The van der Waals surface area contributed by atoms with Gasteiger partial charge in [-0.2, -0.15) is 4.98 Å². The van der Waals surface area contributed by atoms with Crippen molar-refractivity contribution in [1.29, 1.82) is 0 Å². The van der Waals surface area contributed by atoms with E-state index in [-0.39, 0.29) is 12.2 Å². The summed E-state index contributed by atoms with van der Waals surface area (Å²) in [7, 11) is 0. The van der Waals surface area contributed by atoms with Crippen LogP contribution in [0.25, 0.3) is 0 Å². The van der Waals surface area contributed by atoms with E-state index in [1.807, 2.05) is 0 Å². The monoisotopic (exact) mass is 203 g/mol. The zero-order valence-corrected chi connectivity index (χ0v) is 7.79. The normalized spacial score (nSPS) is 22.1. The lowest BCUT2D eigenvalue weighted by atomic mass is 10.3. The fourth-order valence-electron chi connectivity index (χ4n) is 1.15. The quantitative estimate of drug-likeness (QED) is 0.700. The Balaban J connectivity index is 1.92. The highest BCUT2D eigenvalue weighted by molar-refractivity contribution is 6.16. The summed E-state index contributed by atoms with van der Waals surface area (Å²) in [6.07, 6.45) is 2.74. The first kappa shape index (κ1) is 8.84. The predicted molar refractivity (Wildman–Crippen MR) is 45.9 cm³/mol. The summed E-state index contributed by atoms with van der Waals surface area (Å²) in [4.78, 5) is 4.02. The molecule has 2 rings (SSSR count). The lowest BCUT2D eigenvalue weighted by Crippen LogP contribution is -2.15. The van der Waals surface area contributed by atoms with Crippen LogP contribution >= 0.6 is 11.6 Å². The Morgan fingerprint density at radius 2 is 2.62 bits per heavy atom. The van der Waals surface area contributed by atoms with Crippen molar-refractivity contribution in [2.75, 3.05) is 13.2 Å². The largest absolute Gasteiger partial charge is 0.444 e. The molecule has 1 aliphatic rings. The highest BCUT2D eigenvalue weighted by atomic mass is 35.5. The second-order valence-corrected chi connectivity index (χ2v) is 3.11. The van der Waals surface area contributed by atoms with Crippen LogP contribution in [0.3, 0.4) is 0 Å². The van der Waals surface area contributed by atoms with Gasteiger partial charge in [0.1, 0.15) is 12.4 Å². The van der Waals surface area contributed by atoms with Crippen LogP contribution in [0.4, 0.5) is 0 Å². The molecular weight excluding hydrogens is 194 g/mol. The smallest absolute Gasteiger partial charge is 0.394 e. The van der Waals surface area contributed by atoms with Crippen LogP contribution in [0.15, 0.2) is 10.7 Å². The molecule has 1 saturated heterocycles. The molecule has 1 aromatic heterocycles. The Bertz CT molecular complexity index is 270. The van der Waals surface area contributed by atoms with E-state index in [9.17, 15) is 0 Å². The first-order valence-corrected chi connectivity index (χ1v) is 4.66. The number of nitrogens with zero attached hydrogens (tertiary/aromatic N) is 1. The average molecular weight is 204 g/mol. The minimum Gasteiger partial charge on any atom is -0.444 e. The molecule has 0 radical (unpaired) electrons. The van der Waals surface area contributed by atoms with Crippen molar-refractivity contribution in [3.63, 3.8) is 0 Å². The van der Waals surface area contributed by atoms with Gasteiger partial charge in [0.05, 0.1) is 24.8 Å². The highest BCUT2D eigenvalue weighted by Gasteiger charge is 2.19. The molecule has 1 aliphatic heterocycles. The number of hydrogen-bond donors (Lipinski definition) is 0. The summed E-state index contributed by atoms with van der Waals surface area (Å²) in [6, 6.07) is 0. The third kappa shape index (κ3) is 2.14. The summed E-state index contributed by atoms with van der Waals surface area (Å²) in [5, 5.41) is 0. The number of rotatable bonds is 3. The van der Waals surface area contributed by atoms with E-state index in [4.69, 9.17) is 25.5 Å². The fourth-order valence-corrected chi connectivity index (χ4v) is 1.28. The lowest BCUT2D eigenvalue weighted by molar-refractivity contribution is 0.115. The van der Waals surface area contributed by atoms with Crippen molar-refractivity contribution < 1.29 is 13.9 Å². The van der Waals surface area contributed by atoms with Crippen LogP contribution in [0, 0.1) is 0 Å². The van der Waals surface area contributed by atoms with E-state index in [1.165, 1.54) is 6.26 Å². The van der Waals surface area contributed by atoms with Gasteiger partial charge in [0, 0.05) is 6.42 Å². The zero-order valence-electron chi connectivity index (χ0n) is 7.03. The van der Waals surface area contributed by atoms with E-state index in [2.05, 4.69) is 4.98 Å². The van der Waals surface area contributed by atoms with Gasteiger partial charge in [-0.05, 0) is 0 Å². The second kappa shape index (κ2) is 3.98. The molecule has 0 amide bonds. The van der Waals surface area contributed by atoms with Crippen molar-refractivity contribution in [1.82, 2.24) is 4.98 Å². The minimum absolute atomic E-state index is 0.0711. The van der Waals surface area contributed by atoms with Gasteiger partial charge in [-0.15, -0.1) is 11.6 Å². The standard InChI is InChI=1S/C8H10ClNO3/c9-3-6-4-12-8(10-6)13-7-1-2-11-5-7/h4,7H,1-3,5H2. The molecule has 0 spiro atoms. The topological polar surface area (TPSA) is 44.5 Å². The molecule has 0 aliphatic carbocycles. The summed E-state index contributed by atoms with van der Waals surface area (Å²) < 4.78 is 15.6. The van der Waals surface area contributed by atoms with Crippen LogP contribution in [0.1, 0.15) is 12.1 Å². The number of ether oxygens (including phenoxy) is 2. The average Bonchev–Trinajstić information content (AvgIpc) is 2.76. The Morgan fingerprint density at radius 1 is 1.69 bits per heavy atom. The molecule has 13 heavy (non-hydrogen) atoms. The summed E-state index contributed by atoms with van der Waals surface area (Å²) in [6.45, 7) is 1.35. The van der Waals surface area contributed by atoms with Gasteiger partial charge in [-0.1, -0.05) is 0 Å². The van der Waals surface area contributed by atoms with Gasteiger partial charge in [0.15, 0.2) is 0 Å². The Morgan fingerprint density at radius 3 is 3.23 bits per heavy atom. The van der Waals surface area contributed by atoms with Crippen molar-refractivity contribution in [2.45, 2.75) is 18.4 Å². The maximum Gasteiger partial charge on any atom is 0.394 e. The molecule has 1 atom stereocenters. The fraction of sp³-hybridized carbons (Fsp3) is 0.625. The second-order valence-electron chi connectivity index (χ2n) is 2.84. The van der Waals surface area contributed by atoms with Crippen LogP contribution in [-0.2, 0) is 10.6 Å². The van der Waals surface area contributed by atoms with Crippen molar-refractivity contribution >= 4 is 11.6 Å². The van der Waals surface area contributed by atoms with Crippen LogP contribution < -0.4 is 4.74 Å². The molecule has 4 nitrogen and oxygen atoms in total. The van der Waals surface area contributed by atoms with E-state index in [0.29, 0.717) is 18.2 Å². The minimum atomic E-state index is 0.0711. The van der Waals surface area contributed by atoms with Crippen molar-refractivity contribution in [2.24, 2.45) is 0 Å². The van der Waals surface area contributed by atoms with Gasteiger partial charge in [0.2, 0.25) is 0 Å². The van der Waals surface area contributed by atoms with Crippen LogP contribution in [-0.4, -0.2) is 24.3 Å². The van der Waals surface area contributed by atoms with Crippen LogP contribution in [0.5, 0.6) is 6.08 Å². The molecule has 0 saturated carbocycles. The Hall–Kier alpha value is -0.740. The summed E-state index contributed by atoms with van der Waals surface area (Å²) in [5.74, 6) is 0.341. The third-order valence-corrected chi connectivity index (χ3v) is 2.10.